The van der Waals surface area contributed by atoms with Crippen LogP contribution >= 0.6 is 7.60 Å². The Morgan fingerprint density at radius 1 is 1.36 bits per heavy atom. The highest BCUT2D eigenvalue weighted by Gasteiger charge is 2.22. The second-order valence-corrected chi connectivity index (χ2v) is 5.89. The number of ether oxygens (including phenoxy) is 1. The lowest BCUT2D eigenvalue weighted by molar-refractivity contribution is -0.153. The van der Waals surface area contributed by atoms with Gasteiger partial charge in [-0.15, -0.1) is 0 Å². The first kappa shape index (κ1) is 13.6. The highest BCUT2D eigenvalue weighted by atomic mass is 31.2. The van der Waals surface area contributed by atoms with Gasteiger partial charge in [-0.1, -0.05) is 0 Å². The molecule has 0 aromatic rings. The van der Waals surface area contributed by atoms with Crippen LogP contribution in [0.3, 0.4) is 0 Å². The Morgan fingerprint density at radius 2 is 1.86 bits per heavy atom. The monoisotopic (exact) mass is 224 g/mol. The minimum Gasteiger partial charge on any atom is -0.463 e. The minimum atomic E-state index is -3.46. The average molecular weight is 224 g/mol. The van der Waals surface area contributed by atoms with E-state index in [9.17, 15) is 9.36 Å². The predicted octanol–water partition coefficient (Wildman–Crippen LogP) is 1.41. The predicted molar refractivity (Wildman–Crippen MR) is 52.1 cm³/mol. The smallest absolute Gasteiger partial charge is 0.325 e. The lowest BCUT2D eigenvalue weighted by Gasteiger charge is -2.16. The summed E-state index contributed by atoms with van der Waals surface area (Å²) in [4.78, 5) is 19.9. The summed E-state index contributed by atoms with van der Waals surface area (Å²) < 4.78 is 20.0. The average Bonchev–Trinajstić information content (AvgIpc) is 1.93. The fraction of sp³-hybridized carbons (Fsp3) is 0.875. The summed E-state index contributed by atoms with van der Waals surface area (Å²) in [6.45, 7) is 6.20. The van der Waals surface area contributed by atoms with E-state index in [0.29, 0.717) is 0 Å². The lowest BCUT2D eigenvalue weighted by atomic mass is 9.97. The second kappa shape index (κ2) is 4.91. The summed E-state index contributed by atoms with van der Waals surface area (Å²) in [5.41, 5.74) is -0.560. The molecule has 0 fully saturated rings. The Bertz CT molecular complexity index is 237. The molecule has 0 aliphatic heterocycles. The van der Waals surface area contributed by atoms with E-state index in [1.54, 1.807) is 20.8 Å². The number of carbonyl (C=O) groups excluding carboxylic acids is 1. The second-order valence-electron chi connectivity index (χ2n) is 4.02. The van der Waals surface area contributed by atoms with E-state index in [1.807, 2.05) is 0 Å². The summed E-state index contributed by atoms with van der Waals surface area (Å²) in [6, 6.07) is 0. The fourth-order valence-electron chi connectivity index (χ4n) is 0.558. The van der Waals surface area contributed by atoms with Crippen LogP contribution in [0.2, 0.25) is 0 Å². The molecule has 14 heavy (non-hydrogen) atoms. The van der Waals surface area contributed by atoms with Crippen LogP contribution in [0.25, 0.3) is 0 Å². The lowest BCUT2D eigenvalue weighted by Crippen LogP contribution is -2.24. The van der Waals surface area contributed by atoms with Crippen molar-refractivity contribution in [2.75, 3.05) is 19.9 Å². The zero-order chi connectivity index (χ0) is 11.4. The van der Waals surface area contributed by atoms with Crippen LogP contribution in [0, 0.1) is 5.41 Å². The Morgan fingerprint density at radius 3 is 2.21 bits per heavy atom. The van der Waals surface area contributed by atoms with Crippen LogP contribution in [0.15, 0.2) is 0 Å². The van der Waals surface area contributed by atoms with Crippen molar-refractivity contribution in [1.82, 2.24) is 0 Å². The molecule has 0 saturated carbocycles. The number of esters is 1. The standard InChI is InChI=1S/C8H17O5P/c1-8(2,3)7(9)12-5-6-13-14(4,10)11/h5-6H2,1-4H3,(H,10,11). The molecule has 0 heterocycles. The van der Waals surface area contributed by atoms with E-state index in [4.69, 9.17) is 9.63 Å². The molecule has 0 bridgehead atoms. The molecule has 0 aliphatic carbocycles. The topological polar surface area (TPSA) is 72.8 Å². The molecule has 5 nitrogen and oxygen atoms in total. The molecule has 1 N–H and O–H groups in total. The van der Waals surface area contributed by atoms with Gasteiger partial charge in [0.2, 0.25) is 0 Å². The molecule has 0 amide bonds. The van der Waals surface area contributed by atoms with Crippen LogP contribution in [-0.4, -0.2) is 30.7 Å². The van der Waals surface area contributed by atoms with Gasteiger partial charge in [0.15, 0.2) is 0 Å². The van der Waals surface area contributed by atoms with Gasteiger partial charge in [-0.05, 0) is 20.8 Å². The molecule has 0 aromatic heterocycles. The van der Waals surface area contributed by atoms with Gasteiger partial charge in [0, 0.05) is 6.66 Å². The van der Waals surface area contributed by atoms with E-state index < -0.39 is 13.0 Å². The van der Waals surface area contributed by atoms with Crippen molar-refractivity contribution in [1.29, 1.82) is 0 Å². The number of carbonyl (C=O) groups is 1. The molecule has 0 spiro atoms. The van der Waals surface area contributed by atoms with Crippen LogP contribution in [0.5, 0.6) is 0 Å². The summed E-state index contributed by atoms with van der Waals surface area (Å²) in [7, 11) is -3.46. The maximum absolute atomic E-state index is 11.2. The van der Waals surface area contributed by atoms with Crippen molar-refractivity contribution in [3.63, 3.8) is 0 Å². The van der Waals surface area contributed by atoms with Crippen molar-refractivity contribution in [3.8, 4) is 0 Å². The van der Waals surface area contributed by atoms with Gasteiger partial charge < -0.3 is 14.2 Å². The van der Waals surface area contributed by atoms with Gasteiger partial charge in [0.05, 0.1) is 12.0 Å². The highest BCUT2D eigenvalue weighted by Crippen LogP contribution is 2.35. The summed E-state index contributed by atoms with van der Waals surface area (Å²) >= 11 is 0. The fourth-order valence-corrected chi connectivity index (χ4v) is 0.971. The molecule has 0 rings (SSSR count). The van der Waals surface area contributed by atoms with Crippen LogP contribution in [0.4, 0.5) is 0 Å². The molecule has 84 valence electrons. The maximum atomic E-state index is 11.2. The normalized spacial score (nSPS) is 16.1. The number of rotatable bonds is 4. The molecule has 1 atom stereocenters. The van der Waals surface area contributed by atoms with Crippen molar-refractivity contribution >= 4 is 13.6 Å². The quantitative estimate of drug-likeness (QED) is 0.444. The molecule has 0 radical (unpaired) electrons. The molecule has 1 unspecified atom stereocenters. The van der Waals surface area contributed by atoms with Gasteiger partial charge in [0.1, 0.15) is 6.61 Å². The number of hydrogen-bond donors (Lipinski definition) is 1. The van der Waals surface area contributed by atoms with Gasteiger partial charge in [-0.3, -0.25) is 9.36 Å². The van der Waals surface area contributed by atoms with E-state index in [1.165, 1.54) is 0 Å². The Kier molecular flexibility index (Phi) is 4.78. The maximum Gasteiger partial charge on any atom is 0.325 e. The Balaban J connectivity index is 3.67. The van der Waals surface area contributed by atoms with Crippen molar-refractivity contribution < 1.29 is 23.5 Å². The van der Waals surface area contributed by atoms with E-state index in [-0.39, 0.29) is 19.2 Å². The van der Waals surface area contributed by atoms with Gasteiger partial charge >= 0.3 is 13.6 Å². The van der Waals surface area contributed by atoms with Crippen molar-refractivity contribution in [2.45, 2.75) is 20.8 Å². The highest BCUT2D eigenvalue weighted by molar-refractivity contribution is 7.51. The van der Waals surface area contributed by atoms with E-state index in [0.717, 1.165) is 6.66 Å². The molecule has 0 saturated heterocycles. The van der Waals surface area contributed by atoms with E-state index >= 15 is 0 Å². The first-order valence-corrected chi connectivity index (χ1v) is 6.27. The first-order valence-electron chi connectivity index (χ1n) is 4.25. The third-order valence-corrected chi connectivity index (χ3v) is 1.92. The summed E-state index contributed by atoms with van der Waals surface area (Å²) in [5.74, 6) is -0.357. The van der Waals surface area contributed by atoms with E-state index in [2.05, 4.69) is 4.52 Å². The van der Waals surface area contributed by atoms with Gasteiger partial charge in [-0.25, -0.2) is 0 Å². The SMILES string of the molecule is CC(C)(C)C(=O)OCCOP(C)(=O)O. The van der Waals surface area contributed by atoms with Crippen LogP contribution in [0.1, 0.15) is 20.8 Å². The Labute approximate surface area is 83.9 Å². The van der Waals surface area contributed by atoms with Crippen LogP contribution < -0.4 is 0 Å². The largest absolute Gasteiger partial charge is 0.463 e. The van der Waals surface area contributed by atoms with Crippen molar-refractivity contribution in [3.05, 3.63) is 0 Å². The van der Waals surface area contributed by atoms with Crippen molar-refractivity contribution in [2.24, 2.45) is 5.41 Å². The zero-order valence-electron chi connectivity index (χ0n) is 8.94. The van der Waals surface area contributed by atoms with Gasteiger partial charge in [0.25, 0.3) is 0 Å². The third-order valence-electron chi connectivity index (χ3n) is 1.26. The molecule has 0 aliphatic rings. The van der Waals surface area contributed by atoms with Gasteiger partial charge in [-0.2, -0.15) is 0 Å². The Hall–Kier alpha value is -0.380. The van der Waals surface area contributed by atoms with Crippen LogP contribution in [-0.2, 0) is 18.6 Å². The summed E-state index contributed by atoms with van der Waals surface area (Å²) in [5, 5.41) is 0. The molecular formula is C8H17O5P. The number of hydrogen-bond acceptors (Lipinski definition) is 4. The molecular weight excluding hydrogens is 207 g/mol. The summed E-state index contributed by atoms with van der Waals surface area (Å²) in [6.07, 6.45) is 0. The first-order chi connectivity index (χ1) is 6.13. The third kappa shape index (κ3) is 7.06. The minimum absolute atomic E-state index is 0.00546. The molecule has 0 aromatic carbocycles. The molecule has 6 heteroatoms. The zero-order valence-corrected chi connectivity index (χ0v) is 9.84.